The van der Waals surface area contributed by atoms with Crippen LogP contribution in [0.4, 0.5) is 5.69 Å². The predicted molar refractivity (Wildman–Crippen MR) is 99.4 cm³/mol. The van der Waals surface area contributed by atoms with E-state index in [1.807, 2.05) is 12.1 Å². The molecule has 3 aromatic carbocycles. The zero-order valence-corrected chi connectivity index (χ0v) is 14.3. The molecule has 0 aliphatic carbocycles. The van der Waals surface area contributed by atoms with Gasteiger partial charge in [-0.25, -0.2) is 0 Å². The molecule has 1 aliphatic heterocycles. The molecule has 0 bridgehead atoms. The molecule has 1 aliphatic rings. The third-order valence-corrected chi connectivity index (χ3v) is 4.54. The number of carbonyl (C=O) groups is 3. The largest absolute Gasteiger partial charge is 0.325 e. The summed E-state index contributed by atoms with van der Waals surface area (Å²) >= 11 is 5.82. The van der Waals surface area contributed by atoms with E-state index in [-0.39, 0.29) is 6.54 Å². The molecule has 0 unspecified atom stereocenters. The summed E-state index contributed by atoms with van der Waals surface area (Å²) < 4.78 is 0. The summed E-state index contributed by atoms with van der Waals surface area (Å²) in [6, 6.07) is 17.2. The second kappa shape index (κ2) is 6.28. The molecular formula is C20H13ClN2O3. The number of anilines is 1. The van der Waals surface area contributed by atoms with Crippen molar-refractivity contribution in [1.82, 2.24) is 4.90 Å². The third kappa shape index (κ3) is 2.72. The van der Waals surface area contributed by atoms with Crippen molar-refractivity contribution in [1.29, 1.82) is 0 Å². The second-order valence-electron chi connectivity index (χ2n) is 5.96. The van der Waals surface area contributed by atoms with Crippen molar-refractivity contribution in [2.24, 2.45) is 0 Å². The summed E-state index contributed by atoms with van der Waals surface area (Å²) in [5, 5.41) is 4.68. The minimum atomic E-state index is -0.467. The first-order chi connectivity index (χ1) is 12.5. The summed E-state index contributed by atoms with van der Waals surface area (Å²) in [4.78, 5) is 38.8. The normalized spacial score (nSPS) is 13.2. The predicted octanol–water partition coefficient (Wildman–Crippen LogP) is 3.73. The number of nitrogens with zero attached hydrogens (tertiary/aromatic N) is 1. The third-order valence-electron chi connectivity index (χ3n) is 4.29. The van der Waals surface area contributed by atoms with Gasteiger partial charge < -0.3 is 5.32 Å². The van der Waals surface area contributed by atoms with Gasteiger partial charge in [0.2, 0.25) is 5.91 Å². The standard InChI is InChI=1S/C20H13ClN2O3/c21-13-7-9-14(10-8-13)22-17(24)11-23-19(25)15-5-1-3-12-4-2-6-16(18(12)15)20(23)26/h1-10H,11H2,(H,22,24). The van der Waals surface area contributed by atoms with Crippen LogP contribution in [0.2, 0.25) is 5.02 Å². The summed E-state index contributed by atoms with van der Waals surface area (Å²) in [6.07, 6.45) is 0. The van der Waals surface area contributed by atoms with Crippen molar-refractivity contribution >= 4 is 45.8 Å². The molecule has 0 spiro atoms. The van der Waals surface area contributed by atoms with Crippen LogP contribution in [0, 0.1) is 0 Å². The molecule has 6 heteroatoms. The van der Waals surface area contributed by atoms with E-state index in [9.17, 15) is 14.4 Å². The molecule has 0 atom stereocenters. The van der Waals surface area contributed by atoms with Gasteiger partial charge in [-0.1, -0.05) is 35.9 Å². The monoisotopic (exact) mass is 364 g/mol. The average molecular weight is 365 g/mol. The van der Waals surface area contributed by atoms with Gasteiger partial charge in [-0.2, -0.15) is 0 Å². The van der Waals surface area contributed by atoms with Gasteiger partial charge in [-0.05, 0) is 41.8 Å². The molecule has 26 heavy (non-hydrogen) atoms. The molecule has 1 heterocycles. The fraction of sp³-hybridized carbons (Fsp3) is 0.0500. The number of halogens is 1. The number of hydrogen-bond acceptors (Lipinski definition) is 3. The van der Waals surface area contributed by atoms with Gasteiger partial charge in [0.25, 0.3) is 11.8 Å². The zero-order valence-electron chi connectivity index (χ0n) is 13.5. The first-order valence-electron chi connectivity index (χ1n) is 7.98. The quantitative estimate of drug-likeness (QED) is 0.720. The van der Waals surface area contributed by atoms with Crippen LogP contribution in [-0.2, 0) is 4.79 Å². The Morgan fingerprint density at radius 2 is 1.46 bits per heavy atom. The Morgan fingerprint density at radius 3 is 2.04 bits per heavy atom. The van der Waals surface area contributed by atoms with E-state index in [4.69, 9.17) is 11.6 Å². The maximum atomic E-state index is 12.8. The molecule has 0 radical (unpaired) electrons. The van der Waals surface area contributed by atoms with Gasteiger partial charge in [0, 0.05) is 27.2 Å². The average Bonchev–Trinajstić information content (AvgIpc) is 2.65. The SMILES string of the molecule is O=C(CN1C(=O)c2cccc3cccc(c23)C1=O)Nc1ccc(Cl)cc1. The minimum absolute atomic E-state index is 0.356. The Labute approximate surface area is 154 Å². The van der Waals surface area contributed by atoms with Crippen LogP contribution in [0.15, 0.2) is 60.7 Å². The lowest BCUT2D eigenvalue weighted by molar-refractivity contribution is -0.116. The molecule has 128 valence electrons. The highest BCUT2D eigenvalue weighted by atomic mass is 35.5. The Hall–Kier alpha value is -3.18. The summed E-state index contributed by atoms with van der Waals surface area (Å²) in [6.45, 7) is -0.356. The first-order valence-corrected chi connectivity index (χ1v) is 8.36. The molecule has 0 saturated heterocycles. The number of nitrogens with one attached hydrogen (secondary N) is 1. The van der Waals surface area contributed by atoms with Crippen molar-refractivity contribution in [3.63, 3.8) is 0 Å². The van der Waals surface area contributed by atoms with Crippen molar-refractivity contribution in [3.8, 4) is 0 Å². The molecular weight excluding hydrogens is 352 g/mol. The van der Waals surface area contributed by atoms with Crippen LogP contribution in [0.1, 0.15) is 20.7 Å². The van der Waals surface area contributed by atoms with Gasteiger partial charge in [-0.3, -0.25) is 19.3 Å². The van der Waals surface area contributed by atoms with Crippen molar-refractivity contribution in [2.75, 3.05) is 11.9 Å². The van der Waals surface area contributed by atoms with Crippen LogP contribution in [0.25, 0.3) is 10.8 Å². The summed E-state index contributed by atoms with van der Waals surface area (Å²) in [5.41, 5.74) is 1.40. The molecule has 5 nitrogen and oxygen atoms in total. The van der Waals surface area contributed by atoms with Crippen LogP contribution >= 0.6 is 11.6 Å². The van der Waals surface area contributed by atoms with Crippen molar-refractivity contribution < 1.29 is 14.4 Å². The number of imide groups is 1. The highest BCUT2D eigenvalue weighted by Gasteiger charge is 2.33. The van der Waals surface area contributed by atoms with E-state index >= 15 is 0 Å². The second-order valence-corrected chi connectivity index (χ2v) is 6.40. The summed E-state index contributed by atoms with van der Waals surface area (Å²) in [7, 11) is 0. The van der Waals surface area contributed by atoms with E-state index in [0.717, 1.165) is 10.3 Å². The molecule has 0 fully saturated rings. The van der Waals surface area contributed by atoms with Crippen LogP contribution in [-0.4, -0.2) is 29.2 Å². The van der Waals surface area contributed by atoms with E-state index in [1.165, 1.54) is 0 Å². The topological polar surface area (TPSA) is 66.5 Å². The van der Waals surface area contributed by atoms with Crippen LogP contribution in [0.3, 0.4) is 0 Å². The lowest BCUT2D eigenvalue weighted by Crippen LogP contribution is -2.44. The van der Waals surface area contributed by atoms with E-state index in [1.54, 1.807) is 48.5 Å². The lowest BCUT2D eigenvalue weighted by Gasteiger charge is -2.26. The fourth-order valence-corrected chi connectivity index (χ4v) is 3.23. The lowest BCUT2D eigenvalue weighted by atomic mass is 9.94. The summed E-state index contributed by atoms with van der Waals surface area (Å²) in [5.74, 6) is -1.39. The smallest absolute Gasteiger partial charge is 0.261 e. The first kappa shape index (κ1) is 16.3. The van der Waals surface area contributed by atoms with Gasteiger partial charge in [0.05, 0.1) is 0 Å². The van der Waals surface area contributed by atoms with E-state index in [2.05, 4.69) is 5.32 Å². The van der Waals surface area contributed by atoms with E-state index in [0.29, 0.717) is 27.2 Å². The van der Waals surface area contributed by atoms with Crippen LogP contribution in [0.5, 0.6) is 0 Å². The molecule has 3 amide bonds. The fourth-order valence-electron chi connectivity index (χ4n) is 3.10. The maximum absolute atomic E-state index is 12.8. The molecule has 1 N–H and O–H groups in total. The number of hydrogen-bond donors (Lipinski definition) is 1. The van der Waals surface area contributed by atoms with Gasteiger partial charge in [-0.15, -0.1) is 0 Å². The maximum Gasteiger partial charge on any atom is 0.261 e. The van der Waals surface area contributed by atoms with Gasteiger partial charge in [0.15, 0.2) is 0 Å². The van der Waals surface area contributed by atoms with E-state index < -0.39 is 17.7 Å². The molecule has 3 aromatic rings. The molecule has 0 aromatic heterocycles. The van der Waals surface area contributed by atoms with Gasteiger partial charge >= 0.3 is 0 Å². The minimum Gasteiger partial charge on any atom is -0.325 e. The number of amides is 3. The Bertz CT molecular complexity index is 1010. The highest BCUT2D eigenvalue weighted by molar-refractivity contribution is 6.30. The number of benzene rings is 3. The Balaban J connectivity index is 1.62. The van der Waals surface area contributed by atoms with Crippen LogP contribution < -0.4 is 5.32 Å². The highest BCUT2D eigenvalue weighted by Crippen LogP contribution is 2.29. The van der Waals surface area contributed by atoms with Gasteiger partial charge in [0.1, 0.15) is 6.54 Å². The number of rotatable bonds is 3. The van der Waals surface area contributed by atoms with Crippen molar-refractivity contribution in [2.45, 2.75) is 0 Å². The number of carbonyl (C=O) groups excluding carboxylic acids is 3. The molecule has 0 saturated carbocycles. The Kier molecular flexibility index (Phi) is 3.93. The molecule has 4 rings (SSSR count). The Morgan fingerprint density at radius 1 is 0.885 bits per heavy atom. The zero-order chi connectivity index (χ0) is 18.3. The van der Waals surface area contributed by atoms with Crippen molar-refractivity contribution in [3.05, 3.63) is 76.8 Å².